The molecule has 0 unspecified atom stereocenters. The van der Waals surface area contributed by atoms with E-state index in [2.05, 4.69) is 41.7 Å². The van der Waals surface area contributed by atoms with E-state index in [0.29, 0.717) is 19.5 Å². The van der Waals surface area contributed by atoms with E-state index in [1.807, 2.05) is 23.1 Å². The van der Waals surface area contributed by atoms with Crippen LogP contribution in [0.25, 0.3) is 11.1 Å². The Morgan fingerprint density at radius 2 is 1.81 bits per heavy atom. The Morgan fingerprint density at radius 1 is 1.07 bits per heavy atom. The normalized spacial score (nSPS) is 21.9. The monoisotopic (exact) mass is 362 g/mol. The molecule has 2 fully saturated rings. The summed E-state index contributed by atoms with van der Waals surface area (Å²) in [6, 6.07) is 18.7. The zero-order chi connectivity index (χ0) is 18.9. The molecular weight excluding hydrogens is 336 g/mol. The summed E-state index contributed by atoms with van der Waals surface area (Å²) < 4.78 is 0. The summed E-state index contributed by atoms with van der Waals surface area (Å²) in [5.41, 5.74) is 2.93. The predicted molar refractivity (Wildman–Crippen MR) is 106 cm³/mol. The molecule has 4 rings (SSSR count). The maximum absolute atomic E-state index is 12.8. The number of carbonyl (C=O) groups is 2. The highest BCUT2D eigenvalue weighted by Gasteiger charge is 2.47. The number of carbonyl (C=O) groups excluding carboxylic acids is 2. The van der Waals surface area contributed by atoms with E-state index in [4.69, 9.17) is 0 Å². The lowest BCUT2D eigenvalue weighted by atomic mass is 9.79. The number of hydrogen-bond acceptors (Lipinski definition) is 2. The first kappa shape index (κ1) is 17.8. The molecule has 27 heavy (non-hydrogen) atoms. The van der Waals surface area contributed by atoms with Crippen molar-refractivity contribution in [1.29, 1.82) is 0 Å². The zero-order valence-corrected chi connectivity index (χ0v) is 15.8. The molecule has 0 bridgehead atoms. The fraction of sp³-hybridized carbons (Fsp3) is 0.391. The summed E-state index contributed by atoms with van der Waals surface area (Å²) in [5.74, 6) is 0.476. The van der Waals surface area contributed by atoms with Crippen molar-refractivity contribution in [2.75, 3.05) is 20.1 Å². The van der Waals surface area contributed by atoms with Crippen molar-refractivity contribution in [1.82, 2.24) is 10.2 Å². The maximum atomic E-state index is 12.8. The minimum Gasteiger partial charge on any atom is -0.359 e. The van der Waals surface area contributed by atoms with Gasteiger partial charge in [0.05, 0.1) is 5.41 Å². The Morgan fingerprint density at radius 3 is 2.52 bits per heavy atom. The van der Waals surface area contributed by atoms with E-state index in [9.17, 15) is 9.59 Å². The molecule has 0 spiro atoms. The predicted octanol–water partition coefficient (Wildman–Crippen LogP) is 3.27. The van der Waals surface area contributed by atoms with Crippen LogP contribution < -0.4 is 5.32 Å². The molecule has 1 atom stereocenters. The molecule has 0 aromatic heterocycles. The number of rotatable bonds is 5. The summed E-state index contributed by atoms with van der Waals surface area (Å²) in [6.07, 6.45) is 3.38. The van der Waals surface area contributed by atoms with Gasteiger partial charge in [-0.1, -0.05) is 54.6 Å². The van der Waals surface area contributed by atoms with Crippen molar-refractivity contribution >= 4 is 11.8 Å². The summed E-state index contributed by atoms with van der Waals surface area (Å²) in [5, 5.41) is 2.84. The molecule has 2 aliphatic rings. The number of hydrogen-bond donors (Lipinski definition) is 1. The topological polar surface area (TPSA) is 49.4 Å². The molecule has 1 saturated heterocycles. The molecule has 0 radical (unpaired) electrons. The van der Waals surface area contributed by atoms with Crippen LogP contribution in [-0.4, -0.2) is 36.9 Å². The van der Waals surface area contributed by atoms with Gasteiger partial charge in [-0.25, -0.2) is 0 Å². The van der Waals surface area contributed by atoms with Gasteiger partial charge >= 0.3 is 0 Å². The van der Waals surface area contributed by atoms with E-state index in [-0.39, 0.29) is 17.7 Å². The molecule has 4 heteroatoms. The summed E-state index contributed by atoms with van der Waals surface area (Å²) >= 11 is 0. The second kappa shape index (κ2) is 7.18. The van der Waals surface area contributed by atoms with Crippen LogP contribution in [0.4, 0.5) is 0 Å². The van der Waals surface area contributed by atoms with Gasteiger partial charge in [-0.05, 0) is 42.4 Å². The fourth-order valence-corrected chi connectivity index (χ4v) is 4.21. The third-order valence-electron chi connectivity index (χ3n) is 5.88. The van der Waals surface area contributed by atoms with Crippen LogP contribution in [0.5, 0.6) is 0 Å². The standard InChI is InChI=1S/C23H26N2O2/c1-24-22(27)23(12-13-25(16-23)21(26)19-10-11-19)15-17-6-5-9-20(14-17)18-7-3-2-4-8-18/h2-9,14,19H,10-13,15-16H2,1H3,(H,24,27)/t23-/m0/s1. The van der Waals surface area contributed by atoms with Gasteiger partial charge < -0.3 is 10.2 Å². The first-order valence-electron chi connectivity index (χ1n) is 9.77. The van der Waals surface area contributed by atoms with E-state index in [0.717, 1.165) is 30.4 Å². The first-order valence-corrected chi connectivity index (χ1v) is 9.77. The van der Waals surface area contributed by atoms with Crippen molar-refractivity contribution in [3.63, 3.8) is 0 Å². The van der Waals surface area contributed by atoms with E-state index < -0.39 is 5.41 Å². The Balaban J connectivity index is 1.58. The van der Waals surface area contributed by atoms with Crippen molar-refractivity contribution in [3.8, 4) is 11.1 Å². The quantitative estimate of drug-likeness (QED) is 0.887. The SMILES string of the molecule is CNC(=O)[C@]1(Cc2cccc(-c3ccccc3)c2)CCN(C(=O)C2CC2)C1. The van der Waals surface area contributed by atoms with Crippen molar-refractivity contribution < 1.29 is 9.59 Å². The molecule has 1 saturated carbocycles. The minimum absolute atomic E-state index is 0.0405. The van der Waals surface area contributed by atoms with Gasteiger partial charge in [0, 0.05) is 26.1 Å². The Bertz CT molecular complexity index is 844. The van der Waals surface area contributed by atoms with E-state index in [1.54, 1.807) is 7.05 Å². The lowest BCUT2D eigenvalue weighted by Crippen LogP contribution is -2.44. The van der Waals surface area contributed by atoms with Crippen LogP contribution in [0.15, 0.2) is 54.6 Å². The Hall–Kier alpha value is -2.62. The van der Waals surface area contributed by atoms with Gasteiger partial charge in [-0.3, -0.25) is 9.59 Å². The lowest BCUT2D eigenvalue weighted by Gasteiger charge is -2.28. The van der Waals surface area contributed by atoms with Crippen molar-refractivity contribution in [2.24, 2.45) is 11.3 Å². The minimum atomic E-state index is -0.533. The van der Waals surface area contributed by atoms with E-state index in [1.165, 1.54) is 5.56 Å². The molecule has 140 valence electrons. The number of nitrogens with one attached hydrogen (secondary N) is 1. The molecule has 2 amide bonds. The molecule has 1 aliphatic heterocycles. The first-order chi connectivity index (χ1) is 13.1. The molecule has 2 aromatic carbocycles. The number of nitrogens with zero attached hydrogens (tertiary/aromatic N) is 1. The van der Waals surface area contributed by atoms with Crippen LogP contribution in [-0.2, 0) is 16.0 Å². The van der Waals surface area contributed by atoms with Gasteiger partial charge in [-0.2, -0.15) is 0 Å². The molecule has 1 aliphatic carbocycles. The highest BCUT2D eigenvalue weighted by atomic mass is 16.2. The molecule has 2 aromatic rings. The second-order valence-electron chi connectivity index (χ2n) is 7.89. The number of likely N-dealkylation sites (tertiary alicyclic amines) is 1. The largest absolute Gasteiger partial charge is 0.359 e. The summed E-state index contributed by atoms with van der Waals surface area (Å²) in [4.78, 5) is 27.2. The molecular formula is C23H26N2O2. The molecule has 1 N–H and O–H groups in total. The molecule has 1 heterocycles. The summed E-state index contributed by atoms with van der Waals surface area (Å²) in [6.45, 7) is 1.21. The van der Waals surface area contributed by atoms with Crippen LogP contribution in [0.3, 0.4) is 0 Å². The van der Waals surface area contributed by atoms with Gasteiger partial charge in [0.25, 0.3) is 0 Å². The summed E-state index contributed by atoms with van der Waals surface area (Å²) in [7, 11) is 1.69. The van der Waals surface area contributed by atoms with Gasteiger partial charge in [0.1, 0.15) is 0 Å². The Kier molecular flexibility index (Phi) is 4.73. The zero-order valence-electron chi connectivity index (χ0n) is 15.8. The highest BCUT2D eigenvalue weighted by Crippen LogP contribution is 2.39. The average Bonchev–Trinajstić information content (AvgIpc) is 3.48. The van der Waals surface area contributed by atoms with Gasteiger partial charge in [0.2, 0.25) is 11.8 Å². The second-order valence-corrected chi connectivity index (χ2v) is 7.89. The average molecular weight is 362 g/mol. The third kappa shape index (κ3) is 3.61. The van der Waals surface area contributed by atoms with Gasteiger partial charge in [0.15, 0.2) is 0 Å². The number of benzene rings is 2. The molecule has 4 nitrogen and oxygen atoms in total. The van der Waals surface area contributed by atoms with Crippen LogP contribution >= 0.6 is 0 Å². The van der Waals surface area contributed by atoms with Crippen molar-refractivity contribution in [2.45, 2.75) is 25.7 Å². The smallest absolute Gasteiger partial charge is 0.228 e. The van der Waals surface area contributed by atoms with Gasteiger partial charge in [-0.15, -0.1) is 0 Å². The van der Waals surface area contributed by atoms with Crippen LogP contribution in [0.2, 0.25) is 0 Å². The Labute approximate surface area is 160 Å². The van der Waals surface area contributed by atoms with Crippen LogP contribution in [0.1, 0.15) is 24.8 Å². The van der Waals surface area contributed by atoms with Crippen LogP contribution in [0, 0.1) is 11.3 Å². The van der Waals surface area contributed by atoms with E-state index >= 15 is 0 Å². The van der Waals surface area contributed by atoms with Crippen molar-refractivity contribution in [3.05, 3.63) is 60.2 Å². The maximum Gasteiger partial charge on any atom is 0.228 e. The number of amides is 2. The lowest BCUT2D eigenvalue weighted by molar-refractivity contribution is -0.133. The highest BCUT2D eigenvalue weighted by molar-refractivity contribution is 5.86. The third-order valence-corrected chi connectivity index (χ3v) is 5.88. The fourth-order valence-electron chi connectivity index (χ4n) is 4.21.